The summed E-state index contributed by atoms with van der Waals surface area (Å²) in [6, 6.07) is 6.73. The molecular weight excluding hydrogens is 274 g/mol. The summed E-state index contributed by atoms with van der Waals surface area (Å²) in [5.74, 6) is -1.65. The molecule has 7 heteroatoms. The van der Waals surface area contributed by atoms with E-state index in [4.69, 9.17) is 5.11 Å². The first-order valence-electron chi connectivity index (χ1n) is 6.22. The van der Waals surface area contributed by atoms with Gasteiger partial charge in [-0.3, -0.25) is 9.59 Å². The maximum Gasteiger partial charge on any atom is 0.328 e. The number of hydrazone groups is 1. The SMILES string of the molecule is O=C(O)/C=C/c1cccc(NC(=O)C2=NNC(=O)CC2)c1. The molecule has 0 spiro atoms. The fraction of sp³-hybridized carbons (Fsp3) is 0.143. The van der Waals surface area contributed by atoms with Gasteiger partial charge < -0.3 is 10.4 Å². The van der Waals surface area contributed by atoms with Crippen LogP contribution in [-0.2, 0) is 14.4 Å². The van der Waals surface area contributed by atoms with Crippen LogP contribution in [0.15, 0.2) is 35.4 Å². The quantitative estimate of drug-likeness (QED) is 0.717. The number of amides is 2. The fourth-order valence-electron chi connectivity index (χ4n) is 1.73. The minimum absolute atomic E-state index is 0.215. The second-order valence-corrected chi connectivity index (χ2v) is 4.34. The summed E-state index contributed by atoms with van der Waals surface area (Å²) in [6.07, 6.45) is 2.96. The van der Waals surface area contributed by atoms with Crippen LogP contribution < -0.4 is 10.7 Å². The maximum absolute atomic E-state index is 11.9. The number of carboxylic acids is 1. The van der Waals surface area contributed by atoms with Crippen molar-refractivity contribution in [3.63, 3.8) is 0 Å². The number of rotatable bonds is 4. The summed E-state index contributed by atoms with van der Waals surface area (Å²) in [5.41, 5.74) is 3.67. The predicted octanol–water partition coefficient (Wildman–Crippen LogP) is 0.989. The third-order valence-corrected chi connectivity index (χ3v) is 2.73. The minimum atomic E-state index is -1.04. The van der Waals surface area contributed by atoms with E-state index in [1.165, 1.54) is 6.08 Å². The van der Waals surface area contributed by atoms with Crippen molar-refractivity contribution in [2.75, 3.05) is 5.32 Å². The van der Waals surface area contributed by atoms with E-state index >= 15 is 0 Å². The van der Waals surface area contributed by atoms with E-state index in [0.717, 1.165) is 6.08 Å². The summed E-state index contributed by atoms with van der Waals surface area (Å²) >= 11 is 0. The number of anilines is 1. The molecule has 3 N–H and O–H groups in total. The van der Waals surface area contributed by atoms with Gasteiger partial charge in [-0.1, -0.05) is 12.1 Å². The molecule has 7 nitrogen and oxygen atoms in total. The predicted molar refractivity (Wildman–Crippen MR) is 76.6 cm³/mol. The van der Waals surface area contributed by atoms with Crippen molar-refractivity contribution in [3.05, 3.63) is 35.9 Å². The molecule has 21 heavy (non-hydrogen) atoms. The van der Waals surface area contributed by atoms with Gasteiger partial charge in [-0.15, -0.1) is 0 Å². The van der Waals surface area contributed by atoms with E-state index in [1.54, 1.807) is 24.3 Å². The van der Waals surface area contributed by atoms with Crippen LogP contribution in [0.5, 0.6) is 0 Å². The van der Waals surface area contributed by atoms with Crippen LogP contribution in [-0.4, -0.2) is 28.6 Å². The molecule has 0 bridgehead atoms. The lowest BCUT2D eigenvalue weighted by molar-refractivity contribution is -0.131. The van der Waals surface area contributed by atoms with E-state index in [-0.39, 0.29) is 24.5 Å². The second kappa shape index (κ2) is 6.47. The van der Waals surface area contributed by atoms with Crippen LogP contribution in [0.1, 0.15) is 18.4 Å². The average molecular weight is 287 g/mol. The van der Waals surface area contributed by atoms with Gasteiger partial charge in [-0.2, -0.15) is 5.10 Å². The van der Waals surface area contributed by atoms with Crippen molar-refractivity contribution in [2.45, 2.75) is 12.8 Å². The van der Waals surface area contributed by atoms with Crippen molar-refractivity contribution in [3.8, 4) is 0 Å². The third-order valence-electron chi connectivity index (χ3n) is 2.73. The molecule has 1 aromatic carbocycles. The molecule has 1 heterocycles. The second-order valence-electron chi connectivity index (χ2n) is 4.34. The highest BCUT2D eigenvalue weighted by molar-refractivity contribution is 6.43. The van der Waals surface area contributed by atoms with Gasteiger partial charge in [0.25, 0.3) is 5.91 Å². The first kappa shape index (κ1) is 14.4. The zero-order valence-corrected chi connectivity index (χ0v) is 11.0. The molecule has 1 aliphatic rings. The third kappa shape index (κ3) is 4.27. The van der Waals surface area contributed by atoms with E-state index < -0.39 is 11.9 Å². The largest absolute Gasteiger partial charge is 0.478 e. The van der Waals surface area contributed by atoms with Gasteiger partial charge >= 0.3 is 5.97 Å². The van der Waals surface area contributed by atoms with Crippen LogP contribution in [0.25, 0.3) is 6.08 Å². The molecule has 1 aromatic rings. The average Bonchev–Trinajstić information content (AvgIpc) is 2.46. The number of aliphatic carboxylic acids is 1. The van der Waals surface area contributed by atoms with Gasteiger partial charge in [-0.25, -0.2) is 10.2 Å². The molecule has 2 rings (SSSR count). The Hall–Kier alpha value is -2.96. The molecule has 0 fully saturated rings. The smallest absolute Gasteiger partial charge is 0.328 e. The van der Waals surface area contributed by atoms with E-state index in [2.05, 4.69) is 15.8 Å². The highest BCUT2D eigenvalue weighted by atomic mass is 16.4. The highest BCUT2D eigenvalue weighted by Gasteiger charge is 2.18. The molecule has 0 unspecified atom stereocenters. The summed E-state index contributed by atoms with van der Waals surface area (Å²) < 4.78 is 0. The lowest BCUT2D eigenvalue weighted by Gasteiger charge is -2.12. The highest BCUT2D eigenvalue weighted by Crippen LogP contribution is 2.13. The molecular formula is C14H13N3O4. The zero-order chi connectivity index (χ0) is 15.2. The lowest BCUT2D eigenvalue weighted by Crippen LogP contribution is -2.32. The molecule has 0 aromatic heterocycles. The summed E-state index contributed by atoms with van der Waals surface area (Å²) in [5, 5.41) is 14.9. The van der Waals surface area contributed by atoms with Crippen molar-refractivity contribution >= 4 is 35.3 Å². The van der Waals surface area contributed by atoms with Gasteiger partial charge in [0.15, 0.2) is 0 Å². The van der Waals surface area contributed by atoms with Gasteiger partial charge in [0.2, 0.25) is 5.91 Å². The molecule has 0 atom stereocenters. The van der Waals surface area contributed by atoms with E-state index in [9.17, 15) is 14.4 Å². The number of hydrogen-bond donors (Lipinski definition) is 3. The number of nitrogens with one attached hydrogen (secondary N) is 2. The van der Waals surface area contributed by atoms with Crippen molar-refractivity contribution in [1.82, 2.24) is 5.43 Å². The number of carbonyl (C=O) groups excluding carboxylic acids is 2. The standard InChI is InChI=1S/C14H13N3O4/c18-12-6-5-11(16-17-12)14(21)15-10-3-1-2-9(8-10)4-7-13(19)20/h1-4,7-8H,5-6H2,(H,15,21)(H,17,18)(H,19,20)/b7-4+. The van der Waals surface area contributed by atoms with Crippen LogP contribution >= 0.6 is 0 Å². The van der Waals surface area contributed by atoms with Crippen molar-refractivity contribution in [1.29, 1.82) is 0 Å². The van der Waals surface area contributed by atoms with Crippen molar-refractivity contribution in [2.24, 2.45) is 5.10 Å². The Balaban J connectivity index is 2.06. The molecule has 108 valence electrons. The molecule has 0 saturated heterocycles. The number of carboxylic acid groups (broad SMARTS) is 1. The topological polar surface area (TPSA) is 108 Å². The van der Waals surface area contributed by atoms with Gasteiger partial charge in [0.05, 0.1) is 0 Å². The van der Waals surface area contributed by atoms with Gasteiger partial charge in [0.1, 0.15) is 5.71 Å². The number of carbonyl (C=O) groups is 3. The number of hydrogen-bond acceptors (Lipinski definition) is 4. The molecule has 1 aliphatic heterocycles. The van der Waals surface area contributed by atoms with Crippen LogP contribution in [0.4, 0.5) is 5.69 Å². The Bertz CT molecular complexity index is 649. The monoisotopic (exact) mass is 287 g/mol. The Kier molecular flexibility index (Phi) is 4.45. The maximum atomic E-state index is 11.9. The molecule has 0 saturated carbocycles. The molecule has 0 radical (unpaired) electrons. The van der Waals surface area contributed by atoms with E-state index in [0.29, 0.717) is 11.3 Å². The van der Waals surface area contributed by atoms with Crippen LogP contribution in [0.2, 0.25) is 0 Å². The van der Waals surface area contributed by atoms with Crippen LogP contribution in [0, 0.1) is 0 Å². The lowest BCUT2D eigenvalue weighted by atomic mass is 10.1. The zero-order valence-electron chi connectivity index (χ0n) is 11.0. The molecule has 0 aliphatic carbocycles. The summed E-state index contributed by atoms with van der Waals surface area (Å²) in [6.45, 7) is 0. The number of nitrogens with zero attached hydrogens (tertiary/aromatic N) is 1. The summed E-state index contributed by atoms with van der Waals surface area (Å²) in [7, 11) is 0. The Morgan fingerprint density at radius 2 is 2.14 bits per heavy atom. The summed E-state index contributed by atoms with van der Waals surface area (Å²) in [4.78, 5) is 33.4. The minimum Gasteiger partial charge on any atom is -0.478 e. The number of benzene rings is 1. The van der Waals surface area contributed by atoms with E-state index in [1.807, 2.05) is 0 Å². The Morgan fingerprint density at radius 1 is 1.33 bits per heavy atom. The van der Waals surface area contributed by atoms with Crippen LogP contribution in [0.3, 0.4) is 0 Å². The van der Waals surface area contributed by atoms with Gasteiger partial charge in [0, 0.05) is 24.6 Å². The Labute approximate surface area is 120 Å². The Morgan fingerprint density at radius 3 is 2.81 bits per heavy atom. The van der Waals surface area contributed by atoms with Crippen molar-refractivity contribution < 1.29 is 19.5 Å². The first-order valence-corrected chi connectivity index (χ1v) is 6.22. The normalized spacial score (nSPS) is 14.5. The first-order chi connectivity index (χ1) is 10.0. The molecule has 2 amide bonds. The fourth-order valence-corrected chi connectivity index (χ4v) is 1.73. The van der Waals surface area contributed by atoms with Gasteiger partial charge in [-0.05, 0) is 23.8 Å².